The van der Waals surface area contributed by atoms with Crippen molar-refractivity contribution in [2.24, 2.45) is 0 Å². The minimum absolute atomic E-state index is 0.0162. The lowest BCUT2D eigenvalue weighted by atomic mass is 10.2. The molecule has 0 aliphatic carbocycles. The van der Waals surface area contributed by atoms with Crippen molar-refractivity contribution in [3.8, 4) is 0 Å². The van der Waals surface area contributed by atoms with Gasteiger partial charge in [0.1, 0.15) is 4.32 Å². The fourth-order valence-corrected chi connectivity index (χ4v) is 3.02. The van der Waals surface area contributed by atoms with Crippen molar-refractivity contribution in [1.29, 1.82) is 0 Å². The van der Waals surface area contributed by atoms with Crippen LogP contribution in [0, 0.1) is 0 Å². The Balaban J connectivity index is 2.28. The van der Waals surface area contributed by atoms with E-state index >= 15 is 0 Å². The Morgan fingerprint density at radius 1 is 1.47 bits per heavy atom. The van der Waals surface area contributed by atoms with Crippen molar-refractivity contribution in [3.63, 3.8) is 0 Å². The lowest BCUT2D eigenvalue weighted by molar-refractivity contribution is 0.0861. The number of benzene rings is 1. The Labute approximate surface area is 106 Å². The minimum atomic E-state index is -0.0162. The van der Waals surface area contributed by atoms with Gasteiger partial charge in [0, 0.05) is 16.8 Å². The summed E-state index contributed by atoms with van der Waals surface area (Å²) in [5.41, 5.74) is 0.669. The molecular weight excluding hydrogens is 294 g/mol. The first kappa shape index (κ1) is 11.1. The Kier molecular flexibility index (Phi) is 3.43. The van der Waals surface area contributed by atoms with E-state index in [0.29, 0.717) is 16.4 Å². The number of hydrogen-bond acceptors (Lipinski definition) is 3. The summed E-state index contributed by atoms with van der Waals surface area (Å²) in [5.74, 6) is 0.882. The first-order chi connectivity index (χ1) is 7.20. The van der Waals surface area contributed by atoms with Gasteiger partial charge < -0.3 is 0 Å². The zero-order chi connectivity index (χ0) is 10.8. The van der Waals surface area contributed by atoms with Crippen LogP contribution in [-0.4, -0.2) is 27.4 Å². The molecule has 0 N–H and O–H groups in total. The van der Waals surface area contributed by atoms with Crippen LogP contribution in [0.4, 0.5) is 0 Å². The molecule has 78 valence electrons. The average molecular weight is 302 g/mol. The van der Waals surface area contributed by atoms with Gasteiger partial charge in [-0.15, -0.1) is 0 Å². The Morgan fingerprint density at radius 2 is 2.20 bits per heavy atom. The average Bonchev–Trinajstić information content (AvgIpc) is 2.64. The van der Waals surface area contributed by atoms with Crippen LogP contribution < -0.4 is 0 Å². The number of halogens is 1. The summed E-state index contributed by atoms with van der Waals surface area (Å²) in [7, 11) is 0. The topological polar surface area (TPSA) is 20.3 Å². The number of thioether (sulfide) groups is 1. The van der Waals surface area contributed by atoms with Crippen molar-refractivity contribution < 1.29 is 4.79 Å². The molecule has 1 fully saturated rings. The van der Waals surface area contributed by atoms with Crippen LogP contribution in [0.3, 0.4) is 0 Å². The maximum absolute atomic E-state index is 12.1. The molecule has 1 aliphatic rings. The van der Waals surface area contributed by atoms with Gasteiger partial charge in [0.2, 0.25) is 0 Å². The predicted octanol–water partition coefficient (Wildman–Crippen LogP) is 2.92. The zero-order valence-electron chi connectivity index (χ0n) is 7.77. The van der Waals surface area contributed by atoms with Crippen molar-refractivity contribution in [3.05, 3.63) is 34.3 Å². The summed E-state index contributed by atoms with van der Waals surface area (Å²) in [6.07, 6.45) is 0. The van der Waals surface area contributed by atoms with Crippen molar-refractivity contribution in [2.75, 3.05) is 12.3 Å². The quantitative estimate of drug-likeness (QED) is 0.744. The van der Waals surface area contributed by atoms with Gasteiger partial charge in [0.05, 0.1) is 5.56 Å². The van der Waals surface area contributed by atoms with E-state index in [9.17, 15) is 4.79 Å². The molecule has 0 unspecified atom stereocenters. The third-order valence-electron chi connectivity index (χ3n) is 2.11. The normalized spacial score (nSPS) is 15.8. The van der Waals surface area contributed by atoms with E-state index in [2.05, 4.69) is 15.9 Å². The lowest BCUT2D eigenvalue weighted by Crippen LogP contribution is -2.30. The lowest BCUT2D eigenvalue weighted by Gasteiger charge is -2.15. The summed E-state index contributed by atoms with van der Waals surface area (Å²) in [6, 6.07) is 7.40. The van der Waals surface area contributed by atoms with E-state index in [1.807, 2.05) is 18.2 Å². The minimum Gasteiger partial charge on any atom is -0.293 e. The van der Waals surface area contributed by atoms with E-state index in [0.717, 1.165) is 10.2 Å². The third kappa shape index (κ3) is 2.24. The Morgan fingerprint density at radius 3 is 2.80 bits per heavy atom. The fourth-order valence-electron chi connectivity index (χ4n) is 1.36. The van der Waals surface area contributed by atoms with Gasteiger partial charge in [-0.25, -0.2) is 0 Å². The summed E-state index contributed by atoms with van der Waals surface area (Å²) in [6.45, 7) is 0.712. The molecule has 15 heavy (non-hydrogen) atoms. The Bertz CT molecular complexity index is 422. The number of rotatable bonds is 1. The number of hydrogen-bond donors (Lipinski definition) is 0. The smallest absolute Gasteiger partial charge is 0.260 e. The fraction of sp³-hybridized carbons (Fsp3) is 0.200. The molecule has 0 radical (unpaired) electrons. The summed E-state index contributed by atoms with van der Waals surface area (Å²) in [4.78, 5) is 13.7. The second-order valence-electron chi connectivity index (χ2n) is 3.05. The molecule has 1 aromatic rings. The van der Waals surface area contributed by atoms with Gasteiger partial charge in [-0.05, 0) is 28.1 Å². The van der Waals surface area contributed by atoms with Gasteiger partial charge >= 0.3 is 0 Å². The van der Waals surface area contributed by atoms with Crippen molar-refractivity contribution in [1.82, 2.24) is 4.90 Å². The van der Waals surface area contributed by atoms with Gasteiger partial charge in [0.25, 0.3) is 5.91 Å². The molecule has 0 bridgehead atoms. The molecule has 2 rings (SSSR count). The van der Waals surface area contributed by atoms with Gasteiger partial charge in [-0.3, -0.25) is 9.69 Å². The third-order valence-corrected chi connectivity index (χ3v) is 4.23. The number of thiocarbonyl (C=S) groups is 1. The first-order valence-corrected chi connectivity index (χ1v) is 6.62. The maximum Gasteiger partial charge on any atom is 0.260 e. The summed E-state index contributed by atoms with van der Waals surface area (Å²) < 4.78 is 1.49. The molecule has 0 aromatic heterocycles. The van der Waals surface area contributed by atoms with Gasteiger partial charge in [0.15, 0.2) is 0 Å². The molecule has 5 heteroatoms. The van der Waals surface area contributed by atoms with E-state index in [1.165, 1.54) is 0 Å². The zero-order valence-corrected chi connectivity index (χ0v) is 11.0. The number of carbonyl (C=O) groups excluding carboxylic acids is 1. The number of amides is 1. The largest absolute Gasteiger partial charge is 0.293 e. The van der Waals surface area contributed by atoms with Crippen molar-refractivity contribution in [2.45, 2.75) is 0 Å². The maximum atomic E-state index is 12.1. The first-order valence-electron chi connectivity index (χ1n) is 4.43. The van der Waals surface area contributed by atoms with Crippen LogP contribution in [0.5, 0.6) is 0 Å². The van der Waals surface area contributed by atoms with Crippen LogP contribution in [0.25, 0.3) is 0 Å². The second kappa shape index (κ2) is 4.63. The standard InChI is InChI=1S/C10H8BrNOS2/c11-8-4-2-1-3-7(8)9(13)12-5-6-15-10(12)14/h1-4H,5-6H2. The molecule has 0 saturated carbocycles. The van der Waals surface area contributed by atoms with Crippen LogP contribution in [0.2, 0.25) is 0 Å². The molecular formula is C10H8BrNOS2. The molecule has 1 aromatic carbocycles. The highest BCUT2D eigenvalue weighted by Gasteiger charge is 2.25. The molecule has 1 heterocycles. The summed E-state index contributed by atoms with van der Waals surface area (Å²) in [5, 5.41) is 0. The van der Waals surface area contributed by atoms with E-state index in [-0.39, 0.29) is 5.91 Å². The van der Waals surface area contributed by atoms with Crippen LogP contribution in [0.15, 0.2) is 28.7 Å². The molecule has 0 atom stereocenters. The molecule has 2 nitrogen and oxygen atoms in total. The Hall–Kier alpha value is -0.390. The van der Waals surface area contributed by atoms with Crippen LogP contribution >= 0.6 is 39.9 Å². The molecule has 0 spiro atoms. The monoisotopic (exact) mass is 301 g/mol. The predicted molar refractivity (Wildman–Crippen MR) is 70.2 cm³/mol. The molecule has 1 amide bonds. The van der Waals surface area contributed by atoms with Gasteiger partial charge in [-0.2, -0.15) is 0 Å². The molecule has 1 aliphatic heterocycles. The van der Waals surface area contributed by atoms with E-state index in [1.54, 1.807) is 22.7 Å². The number of nitrogens with zero attached hydrogens (tertiary/aromatic N) is 1. The summed E-state index contributed by atoms with van der Waals surface area (Å²) >= 11 is 10.0. The molecule has 1 saturated heterocycles. The number of carbonyl (C=O) groups is 1. The van der Waals surface area contributed by atoms with Crippen LogP contribution in [-0.2, 0) is 0 Å². The van der Waals surface area contributed by atoms with Crippen molar-refractivity contribution >= 4 is 50.1 Å². The van der Waals surface area contributed by atoms with E-state index in [4.69, 9.17) is 12.2 Å². The highest BCUT2D eigenvalue weighted by Crippen LogP contribution is 2.23. The van der Waals surface area contributed by atoms with E-state index < -0.39 is 0 Å². The van der Waals surface area contributed by atoms with Crippen LogP contribution in [0.1, 0.15) is 10.4 Å². The SMILES string of the molecule is O=C(c1ccccc1Br)N1CCSC1=S. The highest BCUT2D eigenvalue weighted by molar-refractivity contribution is 9.10. The highest BCUT2D eigenvalue weighted by atomic mass is 79.9. The second-order valence-corrected chi connectivity index (χ2v) is 5.63. The van der Waals surface area contributed by atoms with Gasteiger partial charge in [-0.1, -0.05) is 36.1 Å².